The van der Waals surface area contributed by atoms with Gasteiger partial charge in [-0.3, -0.25) is 4.79 Å². The molecule has 0 aliphatic heterocycles. The molecule has 1 atom stereocenters. The highest BCUT2D eigenvalue weighted by Gasteiger charge is 2.27. The van der Waals surface area contributed by atoms with Crippen LogP contribution in [0.15, 0.2) is 78.9 Å². The molecule has 0 aliphatic carbocycles. The minimum Gasteiger partial charge on any atom is -0.344 e. The summed E-state index contributed by atoms with van der Waals surface area (Å²) in [4.78, 5) is 18.6. The van der Waals surface area contributed by atoms with Crippen molar-refractivity contribution in [2.75, 3.05) is 0 Å². The molecule has 3 aromatic carbocycles. The Labute approximate surface area is 204 Å². The predicted octanol–water partition coefficient (Wildman–Crippen LogP) is 7.18. The van der Waals surface area contributed by atoms with Gasteiger partial charge in [0.2, 0.25) is 0 Å². The zero-order valence-electron chi connectivity index (χ0n) is 20.0. The maximum absolute atomic E-state index is 14.2. The Kier molecular flexibility index (Phi) is 7.70. The summed E-state index contributed by atoms with van der Waals surface area (Å²) in [5, 5.41) is 3.18. The van der Waals surface area contributed by atoms with E-state index in [1.807, 2.05) is 72.2 Å². The number of nitrogens with one attached hydrogen (secondary N) is 1. The third-order valence-corrected chi connectivity index (χ3v) is 6.02. The lowest BCUT2D eigenvalue weighted by Gasteiger charge is -2.20. The lowest BCUT2D eigenvalue weighted by molar-refractivity contribution is 0.0925. The number of aromatic nitrogens is 2. The van der Waals surface area contributed by atoms with Gasteiger partial charge in [-0.15, -0.1) is 0 Å². The van der Waals surface area contributed by atoms with Gasteiger partial charge < -0.3 is 9.88 Å². The van der Waals surface area contributed by atoms with Crippen molar-refractivity contribution in [1.82, 2.24) is 14.9 Å². The normalized spacial score (nSPS) is 11.9. The standard InChI is InChI=1S/C29H29F2N3O/c1-3-5-16-25(20-12-8-6-9-13-20)32-29(35)27-26(22-17-23(30)19-24(31)18-22)33-28(34(27)4-2)21-14-10-7-11-15-21/h6-15,17-19,25H,3-5,16H2,1-2H3,(H,32,35). The van der Waals surface area contributed by atoms with Crippen LogP contribution in [0.2, 0.25) is 0 Å². The molecule has 4 nitrogen and oxygen atoms in total. The van der Waals surface area contributed by atoms with Crippen LogP contribution in [-0.2, 0) is 6.54 Å². The molecule has 0 radical (unpaired) electrons. The third kappa shape index (κ3) is 5.48. The summed E-state index contributed by atoms with van der Waals surface area (Å²) >= 11 is 0. The van der Waals surface area contributed by atoms with Crippen LogP contribution >= 0.6 is 0 Å². The van der Waals surface area contributed by atoms with E-state index in [0.717, 1.165) is 36.5 Å². The minimum absolute atomic E-state index is 0.193. The van der Waals surface area contributed by atoms with Crippen molar-refractivity contribution in [2.24, 2.45) is 0 Å². The van der Waals surface area contributed by atoms with Gasteiger partial charge >= 0.3 is 0 Å². The summed E-state index contributed by atoms with van der Waals surface area (Å²) in [5.41, 5.74) is 2.59. The Morgan fingerprint density at radius 2 is 1.54 bits per heavy atom. The molecule has 35 heavy (non-hydrogen) atoms. The topological polar surface area (TPSA) is 46.9 Å². The van der Waals surface area contributed by atoms with Gasteiger partial charge in [0.1, 0.15) is 28.8 Å². The Morgan fingerprint density at radius 3 is 2.14 bits per heavy atom. The van der Waals surface area contributed by atoms with E-state index in [2.05, 4.69) is 12.2 Å². The number of unbranched alkanes of at least 4 members (excludes halogenated alkanes) is 1. The molecule has 180 valence electrons. The molecule has 4 rings (SSSR count). The smallest absolute Gasteiger partial charge is 0.270 e. The van der Waals surface area contributed by atoms with Crippen molar-refractivity contribution in [2.45, 2.75) is 45.7 Å². The SMILES string of the molecule is CCCCC(NC(=O)c1c(-c2cc(F)cc(F)c2)nc(-c2ccccc2)n1CC)c1ccccc1. The molecule has 1 amide bonds. The Bertz CT molecular complexity index is 1270. The molecule has 1 aromatic heterocycles. The van der Waals surface area contributed by atoms with E-state index in [-0.39, 0.29) is 28.9 Å². The Morgan fingerprint density at radius 1 is 0.914 bits per heavy atom. The molecular formula is C29H29F2N3O. The average Bonchev–Trinajstić information content (AvgIpc) is 3.27. The maximum Gasteiger partial charge on any atom is 0.270 e. The first kappa shape index (κ1) is 24.3. The molecule has 6 heteroatoms. The van der Waals surface area contributed by atoms with E-state index >= 15 is 0 Å². The summed E-state index contributed by atoms with van der Waals surface area (Å²) in [6.45, 7) is 4.49. The number of benzene rings is 3. The predicted molar refractivity (Wildman–Crippen MR) is 135 cm³/mol. The van der Waals surface area contributed by atoms with Gasteiger partial charge in [0, 0.05) is 23.7 Å². The fraction of sp³-hybridized carbons (Fsp3) is 0.241. The van der Waals surface area contributed by atoms with Crippen LogP contribution in [0, 0.1) is 11.6 Å². The number of rotatable bonds is 9. The Balaban J connectivity index is 1.84. The molecule has 1 N–H and O–H groups in total. The summed E-state index contributed by atoms with van der Waals surface area (Å²) < 4.78 is 30.1. The summed E-state index contributed by atoms with van der Waals surface area (Å²) in [6.07, 6.45) is 2.73. The van der Waals surface area contributed by atoms with E-state index in [4.69, 9.17) is 4.98 Å². The number of carbonyl (C=O) groups excluding carboxylic acids is 1. The second-order valence-electron chi connectivity index (χ2n) is 8.48. The van der Waals surface area contributed by atoms with E-state index < -0.39 is 11.6 Å². The highest BCUT2D eigenvalue weighted by atomic mass is 19.1. The highest BCUT2D eigenvalue weighted by Crippen LogP contribution is 2.31. The molecular weight excluding hydrogens is 444 g/mol. The molecule has 1 heterocycles. The zero-order chi connectivity index (χ0) is 24.8. The first-order valence-electron chi connectivity index (χ1n) is 12.0. The summed E-state index contributed by atoms with van der Waals surface area (Å²) in [7, 11) is 0. The van der Waals surface area contributed by atoms with Gasteiger partial charge in [-0.2, -0.15) is 0 Å². The quantitative estimate of drug-likeness (QED) is 0.280. The monoisotopic (exact) mass is 473 g/mol. The van der Waals surface area contributed by atoms with Gasteiger partial charge in [0.05, 0.1) is 6.04 Å². The molecule has 4 aromatic rings. The first-order valence-corrected chi connectivity index (χ1v) is 12.0. The number of carbonyl (C=O) groups is 1. The zero-order valence-corrected chi connectivity index (χ0v) is 20.0. The van der Waals surface area contributed by atoms with Crippen LogP contribution in [0.3, 0.4) is 0 Å². The van der Waals surface area contributed by atoms with Crippen molar-refractivity contribution in [3.8, 4) is 22.6 Å². The number of amides is 1. The van der Waals surface area contributed by atoms with Crippen LogP contribution in [0.4, 0.5) is 8.78 Å². The Hall–Kier alpha value is -3.80. The fourth-order valence-corrected chi connectivity index (χ4v) is 4.33. The molecule has 0 aliphatic rings. The molecule has 0 saturated carbocycles. The fourth-order valence-electron chi connectivity index (χ4n) is 4.33. The van der Waals surface area contributed by atoms with Crippen molar-refractivity contribution >= 4 is 5.91 Å². The largest absolute Gasteiger partial charge is 0.344 e. The van der Waals surface area contributed by atoms with Gasteiger partial charge in [-0.25, -0.2) is 13.8 Å². The van der Waals surface area contributed by atoms with Crippen molar-refractivity contribution in [3.63, 3.8) is 0 Å². The molecule has 0 saturated heterocycles. The minimum atomic E-state index is -0.719. The van der Waals surface area contributed by atoms with Crippen LogP contribution < -0.4 is 5.32 Å². The second-order valence-corrected chi connectivity index (χ2v) is 8.48. The number of imidazole rings is 1. The van der Waals surface area contributed by atoms with Gasteiger partial charge in [0.15, 0.2) is 0 Å². The molecule has 0 fully saturated rings. The summed E-state index contributed by atoms with van der Waals surface area (Å²) in [6, 6.07) is 22.4. The van der Waals surface area contributed by atoms with Crippen LogP contribution in [0.5, 0.6) is 0 Å². The number of nitrogens with zero attached hydrogens (tertiary/aromatic N) is 2. The van der Waals surface area contributed by atoms with Crippen LogP contribution in [0.1, 0.15) is 55.2 Å². The average molecular weight is 474 g/mol. The van der Waals surface area contributed by atoms with Crippen molar-refractivity contribution in [1.29, 1.82) is 0 Å². The lowest BCUT2D eigenvalue weighted by atomic mass is 10.0. The van der Waals surface area contributed by atoms with E-state index in [1.54, 1.807) is 0 Å². The molecule has 1 unspecified atom stereocenters. The van der Waals surface area contributed by atoms with Crippen molar-refractivity contribution < 1.29 is 13.6 Å². The number of hydrogen-bond donors (Lipinski definition) is 1. The molecule has 0 bridgehead atoms. The van der Waals surface area contributed by atoms with Gasteiger partial charge in [0.25, 0.3) is 5.91 Å². The summed E-state index contributed by atoms with van der Waals surface area (Å²) in [5.74, 6) is -1.19. The van der Waals surface area contributed by atoms with E-state index in [9.17, 15) is 13.6 Å². The van der Waals surface area contributed by atoms with Gasteiger partial charge in [-0.05, 0) is 31.0 Å². The third-order valence-electron chi connectivity index (χ3n) is 6.02. The highest BCUT2D eigenvalue weighted by molar-refractivity contribution is 5.99. The van der Waals surface area contributed by atoms with Gasteiger partial charge in [-0.1, -0.05) is 80.4 Å². The van der Waals surface area contributed by atoms with Crippen LogP contribution in [-0.4, -0.2) is 15.5 Å². The lowest BCUT2D eigenvalue weighted by Crippen LogP contribution is -2.31. The van der Waals surface area contributed by atoms with Crippen molar-refractivity contribution in [3.05, 3.63) is 102 Å². The number of halogens is 2. The van der Waals surface area contributed by atoms with E-state index in [0.29, 0.717) is 12.4 Å². The molecule has 0 spiro atoms. The van der Waals surface area contributed by atoms with E-state index in [1.165, 1.54) is 12.1 Å². The number of hydrogen-bond acceptors (Lipinski definition) is 2. The maximum atomic E-state index is 14.2. The first-order chi connectivity index (χ1) is 17.0. The van der Waals surface area contributed by atoms with Crippen LogP contribution in [0.25, 0.3) is 22.6 Å². The second kappa shape index (κ2) is 11.1.